The molecule has 2 aliphatic heterocycles. The summed E-state index contributed by atoms with van der Waals surface area (Å²) in [5.41, 5.74) is 8.51. The monoisotopic (exact) mass is 1070 g/mol. The van der Waals surface area contributed by atoms with Gasteiger partial charge >= 0.3 is 0 Å². The number of nitrogens with one attached hydrogen (secondary N) is 4. The van der Waals surface area contributed by atoms with Crippen molar-refractivity contribution in [2.45, 2.75) is 105 Å². The Hall–Kier alpha value is -7.96. The molecule has 2 amide bonds. The first kappa shape index (κ1) is 54.4. The Bertz CT molecular complexity index is 3670. The zero-order valence-corrected chi connectivity index (χ0v) is 46.3. The molecular weight excluding hydrogens is 1000 g/mol. The molecule has 412 valence electrons. The molecule has 17 nitrogen and oxygen atoms in total. The second-order valence-corrected chi connectivity index (χ2v) is 21.5. The maximum atomic E-state index is 15.0. The number of hydrogen-bond donors (Lipinski definition) is 4. The van der Waals surface area contributed by atoms with Crippen LogP contribution in [0.25, 0.3) is 21.8 Å². The van der Waals surface area contributed by atoms with Crippen LogP contribution >= 0.6 is 0 Å². The average molecular weight is 1070 g/mol. The first-order chi connectivity index (χ1) is 38.1. The first-order valence-corrected chi connectivity index (χ1v) is 27.3. The topological polar surface area (TPSA) is 197 Å². The number of ether oxygens (including phenoxy) is 2. The van der Waals surface area contributed by atoms with Crippen LogP contribution < -0.4 is 31.2 Å². The van der Waals surface area contributed by atoms with Gasteiger partial charge in [-0.1, -0.05) is 24.3 Å². The number of carbonyl (C=O) groups excluding carboxylic acids is 2. The van der Waals surface area contributed by atoms with Crippen LogP contribution in [0.4, 0.5) is 4.39 Å². The smallest absolute Gasteiger partial charge is 0.256 e. The molecular formula is C61H70FN11O6. The molecule has 79 heavy (non-hydrogen) atoms. The van der Waals surface area contributed by atoms with E-state index in [1.165, 1.54) is 20.4 Å². The van der Waals surface area contributed by atoms with E-state index in [1.807, 2.05) is 38.2 Å². The predicted octanol–water partition coefficient (Wildman–Crippen LogP) is 8.75. The number of aryl methyl sites for hydroxylation is 2. The molecule has 10 rings (SSSR count). The zero-order valence-electron chi connectivity index (χ0n) is 46.3. The molecule has 8 heterocycles. The SMILES string of the molecule is COc1cc(C)[nH]c(=O)c1CNC(=O)c1c(C)n(C(C)C2CCN(Cc3ccncc3F)CC2)c2ccc(C3CN(Cc4cnccn4)CCC3C(C)n3c(C)c(C(=O)NCc4c(OC)cc(C)[nH]c4=O)c4ccccc43)cc12. The minimum atomic E-state index is -0.327. The number of hydrogen-bond acceptors (Lipinski definition) is 11. The molecule has 0 spiro atoms. The predicted molar refractivity (Wildman–Crippen MR) is 302 cm³/mol. The average Bonchev–Trinajstić information content (AvgIpc) is 3.98. The molecule has 0 radical (unpaired) electrons. The second-order valence-electron chi connectivity index (χ2n) is 21.5. The Morgan fingerprint density at radius 1 is 0.696 bits per heavy atom. The van der Waals surface area contributed by atoms with Gasteiger partial charge in [-0.15, -0.1) is 0 Å². The fourth-order valence-electron chi connectivity index (χ4n) is 12.8. The van der Waals surface area contributed by atoms with E-state index in [-0.39, 0.29) is 71.7 Å². The van der Waals surface area contributed by atoms with Gasteiger partial charge in [0.1, 0.15) is 17.3 Å². The van der Waals surface area contributed by atoms with Crippen LogP contribution in [0.5, 0.6) is 11.5 Å². The van der Waals surface area contributed by atoms with E-state index < -0.39 is 0 Å². The maximum absolute atomic E-state index is 15.0. The molecule has 18 heteroatoms. The highest BCUT2D eigenvalue weighted by Crippen LogP contribution is 2.45. The molecule has 2 fully saturated rings. The van der Waals surface area contributed by atoms with Crippen LogP contribution in [0.1, 0.15) is 123 Å². The fraction of sp³-hybridized carbons (Fsp3) is 0.393. The number of fused-ring (bicyclic) bond motifs is 2. The second kappa shape index (κ2) is 23.2. The van der Waals surface area contributed by atoms with Gasteiger partial charge in [-0.2, -0.15) is 0 Å². The number of H-pyrrole nitrogens is 2. The molecule has 2 aliphatic rings. The van der Waals surface area contributed by atoms with E-state index in [9.17, 15) is 23.6 Å². The summed E-state index contributed by atoms with van der Waals surface area (Å²) in [4.78, 5) is 79.2. The third-order valence-corrected chi connectivity index (χ3v) is 16.8. The van der Waals surface area contributed by atoms with Crippen molar-refractivity contribution in [3.8, 4) is 11.5 Å². The number of halogens is 1. The number of nitrogens with zero attached hydrogens (tertiary/aromatic N) is 7. The zero-order chi connectivity index (χ0) is 55.6. The van der Waals surface area contributed by atoms with E-state index in [2.05, 4.69) is 92.6 Å². The Morgan fingerprint density at radius 2 is 1.29 bits per heavy atom. The summed E-state index contributed by atoms with van der Waals surface area (Å²) in [6.45, 7) is 16.2. The molecule has 8 aromatic rings. The van der Waals surface area contributed by atoms with Gasteiger partial charge in [0.25, 0.3) is 22.9 Å². The standard InChI is InChI=1S/C61H70FN11O6/c1-35-25-54(78-7)48(58(74)68-35)29-66-60(76)56-39(5)73(52-12-10-9-11-46(52)56)38(4)45-18-24-71(33-44-28-64-20-21-65-44)34-50(45)42-13-14-53-47(27-42)57(61(77)67-30-49-55(79-8)26-36(2)69-59(49)75)40(6)72(53)37(3)41-16-22-70(23-17-41)32-43-15-19-63-31-51(43)62/h9-15,19-21,25-28,31,37-38,41,45,50H,16-18,22-24,29-30,32-34H2,1-8H3,(H,66,76)(H,67,77)(H,68,74)(H,69,75). The number of aromatic amines is 2. The van der Waals surface area contributed by atoms with Crippen molar-refractivity contribution in [3.63, 3.8) is 0 Å². The van der Waals surface area contributed by atoms with Gasteiger partial charge in [-0.25, -0.2) is 4.39 Å². The summed E-state index contributed by atoms with van der Waals surface area (Å²) in [6, 6.07) is 19.7. The van der Waals surface area contributed by atoms with Gasteiger partial charge in [0.15, 0.2) is 0 Å². The van der Waals surface area contributed by atoms with Crippen molar-refractivity contribution >= 4 is 33.6 Å². The molecule has 2 aromatic carbocycles. The summed E-state index contributed by atoms with van der Waals surface area (Å²) in [6.07, 6.45) is 10.7. The van der Waals surface area contributed by atoms with Crippen molar-refractivity contribution in [2.24, 2.45) is 11.8 Å². The molecule has 0 aliphatic carbocycles. The number of para-hydroxylation sites is 1. The number of rotatable bonds is 17. The van der Waals surface area contributed by atoms with E-state index in [0.29, 0.717) is 70.3 Å². The third kappa shape index (κ3) is 11.0. The number of likely N-dealkylation sites (tertiary alicyclic amines) is 2. The molecule has 4 atom stereocenters. The van der Waals surface area contributed by atoms with Crippen molar-refractivity contribution in [2.75, 3.05) is 40.4 Å². The van der Waals surface area contributed by atoms with Crippen LogP contribution in [0.15, 0.2) is 101 Å². The van der Waals surface area contributed by atoms with Gasteiger partial charge in [0.2, 0.25) is 0 Å². The summed E-state index contributed by atoms with van der Waals surface area (Å²) in [5.74, 6) is 0.199. The molecule has 6 aromatic heterocycles. The Kier molecular flexibility index (Phi) is 16.0. The number of aromatic nitrogens is 7. The molecule has 0 bridgehead atoms. The van der Waals surface area contributed by atoms with Gasteiger partial charge in [0.05, 0.1) is 61.5 Å². The lowest BCUT2D eigenvalue weighted by Gasteiger charge is -2.42. The summed E-state index contributed by atoms with van der Waals surface area (Å²) < 4.78 is 30.5. The van der Waals surface area contributed by atoms with Crippen molar-refractivity contribution in [3.05, 3.63) is 180 Å². The van der Waals surface area contributed by atoms with E-state index >= 15 is 0 Å². The Balaban J connectivity index is 1.02. The molecule has 0 saturated carbocycles. The first-order valence-electron chi connectivity index (χ1n) is 27.3. The lowest BCUT2D eigenvalue weighted by atomic mass is 9.76. The van der Waals surface area contributed by atoms with Crippen molar-refractivity contribution < 1.29 is 23.5 Å². The van der Waals surface area contributed by atoms with Crippen molar-refractivity contribution in [1.82, 2.24) is 54.5 Å². The summed E-state index contributed by atoms with van der Waals surface area (Å²) in [7, 11) is 3.03. The maximum Gasteiger partial charge on any atom is 0.256 e. The van der Waals surface area contributed by atoms with E-state index in [1.54, 1.807) is 50.6 Å². The number of amides is 2. The van der Waals surface area contributed by atoms with Gasteiger partial charge in [-0.05, 0) is 134 Å². The van der Waals surface area contributed by atoms with E-state index in [4.69, 9.17) is 9.47 Å². The highest BCUT2D eigenvalue weighted by molar-refractivity contribution is 6.09. The van der Waals surface area contributed by atoms with Crippen molar-refractivity contribution in [1.29, 1.82) is 0 Å². The largest absolute Gasteiger partial charge is 0.496 e. The highest BCUT2D eigenvalue weighted by Gasteiger charge is 2.38. The fourth-order valence-corrected chi connectivity index (χ4v) is 12.8. The summed E-state index contributed by atoms with van der Waals surface area (Å²) >= 11 is 0. The quantitative estimate of drug-likeness (QED) is 0.0681. The number of pyridine rings is 3. The Morgan fingerprint density at radius 3 is 1.91 bits per heavy atom. The molecule has 4 unspecified atom stereocenters. The normalized spacial score (nSPS) is 17.2. The van der Waals surface area contributed by atoms with Gasteiger partial charge in [0, 0.05) is 113 Å². The van der Waals surface area contributed by atoms with Crippen LogP contribution in [0.3, 0.4) is 0 Å². The lowest BCUT2D eigenvalue weighted by molar-refractivity contribution is 0.0942. The van der Waals surface area contributed by atoms with Gasteiger partial charge in [-0.3, -0.25) is 43.9 Å². The molecule has 4 N–H and O–H groups in total. The van der Waals surface area contributed by atoms with E-state index in [0.717, 1.165) is 83.3 Å². The summed E-state index contributed by atoms with van der Waals surface area (Å²) in [5, 5.41) is 7.79. The highest BCUT2D eigenvalue weighted by atomic mass is 19.1. The Labute approximate surface area is 458 Å². The number of piperidine rings is 2. The van der Waals surface area contributed by atoms with Crippen LogP contribution in [-0.2, 0) is 26.2 Å². The third-order valence-electron chi connectivity index (χ3n) is 16.8. The minimum absolute atomic E-state index is 0.00988. The molecule has 2 saturated heterocycles. The number of methoxy groups -OCH3 is 2. The minimum Gasteiger partial charge on any atom is -0.496 e. The lowest BCUT2D eigenvalue weighted by Crippen LogP contribution is -2.41. The number of benzene rings is 2. The van der Waals surface area contributed by atoms with Crippen LogP contribution in [-0.4, -0.2) is 96.1 Å². The number of carbonyl (C=O) groups is 2. The van der Waals surface area contributed by atoms with Crippen LogP contribution in [0, 0.1) is 45.3 Å². The van der Waals surface area contributed by atoms with Crippen LogP contribution in [0.2, 0.25) is 0 Å². The van der Waals surface area contributed by atoms with Gasteiger partial charge < -0.3 is 39.2 Å².